The van der Waals surface area contributed by atoms with Crippen LogP contribution in [0.2, 0.25) is 0 Å². The van der Waals surface area contributed by atoms with E-state index in [1.54, 1.807) is 11.0 Å². The lowest BCUT2D eigenvalue weighted by Gasteiger charge is -2.37. The molecular formula is C25H32F3N3O3. The smallest absolute Gasteiger partial charge is 0.318 e. The van der Waals surface area contributed by atoms with Gasteiger partial charge in [-0.1, -0.05) is 12.1 Å². The molecule has 0 atom stereocenters. The fraction of sp³-hybridized carbons (Fsp3) is 0.440. The van der Waals surface area contributed by atoms with E-state index in [2.05, 4.69) is 10.2 Å². The predicted molar refractivity (Wildman–Crippen MR) is 124 cm³/mol. The number of ketones is 1. The molecule has 3 rings (SSSR count). The predicted octanol–water partition coefficient (Wildman–Crippen LogP) is 4.51. The van der Waals surface area contributed by atoms with Gasteiger partial charge in [0.05, 0.1) is 13.7 Å². The van der Waals surface area contributed by atoms with Gasteiger partial charge in [0.1, 0.15) is 17.4 Å². The van der Waals surface area contributed by atoms with Crippen molar-refractivity contribution in [2.24, 2.45) is 0 Å². The minimum Gasteiger partial charge on any atom is -0.494 e. The lowest BCUT2D eigenvalue weighted by Crippen LogP contribution is -2.49. The average molecular weight is 480 g/mol. The van der Waals surface area contributed by atoms with Crippen molar-refractivity contribution >= 4 is 11.8 Å². The second kappa shape index (κ2) is 13.0. The minimum absolute atomic E-state index is 0.0407. The van der Waals surface area contributed by atoms with Crippen molar-refractivity contribution in [2.45, 2.75) is 45.8 Å². The Kier molecular flexibility index (Phi) is 10.4. The van der Waals surface area contributed by atoms with Crippen LogP contribution >= 0.6 is 0 Å². The van der Waals surface area contributed by atoms with E-state index in [-0.39, 0.29) is 42.3 Å². The van der Waals surface area contributed by atoms with Crippen molar-refractivity contribution in [3.8, 4) is 5.75 Å². The quantitative estimate of drug-likeness (QED) is 0.662. The summed E-state index contributed by atoms with van der Waals surface area (Å²) >= 11 is 0. The number of halogens is 3. The first-order valence-corrected chi connectivity index (χ1v) is 11.1. The van der Waals surface area contributed by atoms with Crippen LogP contribution in [0.3, 0.4) is 0 Å². The van der Waals surface area contributed by atoms with Gasteiger partial charge in [0.25, 0.3) is 0 Å². The van der Waals surface area contributed by atoms with Crippen LogP contribution in [0.4, 0.5) is 18.0 Å². The number of nitrogens with one attached hydrogen (secondary N) is 1. The summed E-state index contributed by atoms with van der Waals surface area (Å²) in [5.74, 6) is -1.55. The monoisotopic (exact) mass is 479 g/mol. The van der Waals surface area contributed by atoms with E-state index >= 15 is 0 Å². The van der Waals surface area contributed by atoms with Crippen molar-refractivity contribution in [3.05, 3.63) is 65.0 Å². The van der Waals surface area contributed by atoms with E-state index in [1.165, 1.54) is 45.2 Å². The maximum atomic E-state index is 14.2. The van der Waals surface area contributed by atoms with Gasteiger partial charge >= 0.3 is 6.03 Å². The summed E-state index contributed by atoms with van der Waals surface area (Å²) in [7, 11) is 3.39. The third-order valence-electron chi connectivity index (χ3n) is 5.40. The molecule has 2 aromatic carbocycles. The average Bonchev–Trinajstić information content (AvgIpc) is 2.78. The zero-order chi connectivity index (χ0) is 25.3. The van der Waals surface area contributed by atoms with Gasteiger partial charge in [0, 0.05) is 24.2 Å². The molecule has 6 nitrogen and oxygen atoms in total. The molecule has 1 aliphatic heterocycles. The topological polar surface area (TPSA) is 61.9 Å². The summed E-state index contributed by atoms with van der Waals surface area (Å²) in [6.45, 7) is 4.93. The first kappa shape index (κ1) is 27.2. The van der Waals surface area contributed by atoms with Gasteiger partial charge in [-0.25, -0.2) is 18.0 Å². The van der Waals surface area contributed by atoms with E-state index in [0.29, 0.717) is 5.56 Å². The van der Waals surface area contributed by atoms with E-state index < -0.39 is 17.5 Å². The summed E-state index contributed by atoms with van der Waals surface area (Å²) in [6, 6.07) is 7.34. The van der Waals surface area contributed by atoms with Crippen molar-refractivity contribution < 1.29 is 27.5 Å². The summed E-state index contributed by atoms with van der Waals surface area (Å²) in [5, 5.41) is 2.83. The third kappa shape index (κ3) is 8.37. The number of urea groups is 1. The fourth-order valence-electron chi connectivity index (χ4n) is 3.60. The molecule has 9 heteroatoms. The van der Waals surface area contributed by atoms with Gasteiger partial charge in [0.15, 0.2) is 11.6 Å². The normalized spacial score (nSPS) is 14.1. The fourth-order valence-corrected chi connectivity index (χ4v) is 3.60. The van der Waals surface area contributed by atoms with E-state index in [4.69, 9.17) is 4.74 Å². The number of Topliss-reactive ketones (excluding diaryl/α,β-unsaturated/α-hetero) is 1. The molecule has 0 saturated carbocycles. The van der Waals surface area contributed by atoms with Crippen LogP contribution in [0, 0.1) is 17.5 Å². The Morgan fingerprint density at radius 1 is 1.06 bits per heavy atom. The third-order valence-corrected chi connectivity index (χ3v) is 5.40. The lowest BCUT2D eigenvalue weighted by molar-refractivity contribution is -0.115. The lowest BCUT2D eigenvalue weighted by atomic mass is 10.0. The SMILES string of the molecule is CC(C)=O.COc1cc(CNC(=O)N(Cc2ccc(F)cc2F)C2CCN(C)CC2)ccc1F. The number of hydrogen-bond donors (Lipinski definition) is 1. The van der Waals surface area contributed by atoms with Crippen molar-refractivity contribution in [1.82, 2.24) is 15.1 Å². The van der Waals surface area contributed by atoms with Crippen molar-refractivity contribution in [1.29, 1.82) is 0 Å². The number of likely N-dealkylation sites (tertiary alicyclic amines) is 1. The highest BCUT2D eigenvalue weighted by Crippen LogP contribution is 2.21. The molecule has 0 aliphatic carbocycles. The van der Waals surface area contributed by atoms with E-state index in [1.807, 2.05) is 7.05 Å². The van der Waals surface area contributed by atoms with Gasteiger partial charge in [0.2, 0.25) is 0 Å². The second-order valence-corrected chi connectivity index (χ2v) is 8.43. The van der Waals surface area contributed by atoms with Crippen LogP contribution in [0.15, 0.2) is 36.4 Å². The molecule has 1 aliphatic rings. The van der Waals surface area contributed by atoms with Crippen LogP contribution in [-0.2, 0) is 17.9 Å². The van der Waals surface area contributed by atoms with E-state index in [9.17, 15) is 22.8 Å². The zero-order valence-corrected chi connectivity index (χ0v) is 20.0. The van der Waals surface area contributed by atoms with Crippen LogP contribution < -0.4 is 10.1 Å². The van der Waals surface area contributed by atoms with Crippen LogP contribution in [-0.4, -0.2) is 54.9 Å². The molecule has 2 aromatic rings. The highest BCUT2D eigenvalue weighted by atomic mass is 19.1. The Balaban J connectivity index is 0.000000945. The molecule has 34 heavy (non-hydrogen) atoms. The molecule has 186 valence electrons. The summed E-state index contributed by atoms with van der Waals surface area (Å²) in [5.41, 5.74) is 0.937. The standard InChI is InChI=1S/C22H26F3N3O2.C3H6O/c1-27-9-7-18(8-10-27)28(14-16-4-5-17(23)12-20(16)25)22(29)26-13-15-3-6-19(24)21(11-15)30-2;1-3(2)4/h3-6,11-12,18H,7-10,13-14H2,1-2H3,(H,26,29);1-2H3. The number of piperidine rings is 1. The number of hydrogen-bond acceptors (Lipinski definition) is 4. The summed E-state index contributed by atoms with van der Waals surface area (Å²) in [6.07, 6.45) is 1.52. The number of methoxy groups -OCH3 is 1. The first-order valence-electron chi connectivity index (χ1n) is 11.1. The number of carbonyl (C=O) groups is 2. The Labute approximate surface area is 198 Å². The second-order valence-electron chi connectivity index (χ2n) is 8.43. The number of carbonyl (C=O) groups excluding carboxylic acids is 2. The zero-order valence-electron chi connectivity index (χ0n) is 20.0. The molecule has 1 saturated heterocycles. The van der Waals surface area contributed by atoms with Crippen molar-refractivity contribution in [3.63, 3.8) is 0 Å². The minimum atomic E-state index is -0.677. The van der Waals surface area contributed by atoms with Gasteiger partial charge in [-0.15, -0.1) is 0 Å². The molecule has 0 radical (unpaired) electrons. The Morgan fingerprint density at radius 2 is 1.71 bits per heavy atom. The number of rotatable bonds is 6. The highest BCUT2D eigenvalue weighted by Gasteiger charge is 2.28. The van der Waals surface area contributed by atoms with Crippen LogP contribution in [0.5, 0.6) is 5.75 Å². The van der Waals surface area contributed by atoms with Gasteiger partial charge in [-0.2, -0.15) is 0 Å². The summed E-state index contributed by atoms with van der Waals surface area (Å²) < 4.78 is 46.0. The van der Waals surface area contributed by atoms with Gasteiger partial charge in [-0.3, -0.25) is 0 Å². The number of nitrogens with zero attached hydrogens (tertiary/aromatic N) is 2. The molecule has 0 aromatic heterocycles. The highest BCUT2D eigenvalue weighted by molar-refractivity contribution is 5.74. The molecule has 1 heterocycles. The van der Waals surface area contributed by atoms with Gasteiger partial charge in [-0.05, 0) is 70.6 Å². The maximum absolute atomic E-state index is 14.2. The Hall–Kier alpha value is -3.07. The molecule has 0 bridgehead atoms. The van der Waals surface area contributed by atoms with Gasteiger partial charge < -0.3 is 24.6 Å². The summed E-state index contributed by atoms with van der Waals surface area (Å²) in [4.78, 5) is 26.2. The molecule has 0 unspecified atom stereocenters. The largest absolute Gasteiger partial charge is 0.494 e. The number of benzene rings is 2. The maximum Gasteiger partial charge on any atom is 0.318 e. The number of ether oxygens (including phenoxy) is 1. The molecular weight excluding hydrogens is 447 g/mol. The van der Waals surface area contributed by atoms with Crippen molar-refractivity contribution in [2.75, 3.05) is 27.2 Å². The molecule has 0 spiro atoms. The first-order chi connectivity index (χ1) is 16.1. The van der Waals surface area contributed by atoms with E-state index in [0.717, 1.165) is 32.0 Å². The number of amides is 2. The Bertz CT molecular complexity index is 975. The Morgan fingerprint density at radius 3 is 2.29 bits per heavy atom. The van der Waals surface area contributed by atoms with Crippen LogP contribution in [0.25, 0.3) is 0 Å². The molecule has 2 amide bonds. The van der Waals surface area contributed by atoms with Crippen LogP contribution in [0.1, 0.15) is 37.8 Å². The molecule has 1 N–H and O–H groups in total. The molecule has 1 fully saturated rings.